The Bertz CT molecular complexity index is 1080. The number of carbonyl (C=O) groups excluding carboxylic acids is 1. The zero-order valence-electron chi connectivity index (χ0n) is 20.1. The minimum absolute atomic E-state index is 0.0752. The van der Waals surface area contributed by atoms with E-state index in [9.17, 15) is 15.0 Å². The Hall–Kier alpha value is -2.05. The molecule has 6 heteroatoms. The van der Waals surface area contributed by atoms with Gasteiger partial charge in [0.2, 0.25) is 5.91 Å². The van der Waals surface area contributed by atoms with Crippen LogP contribution in [-0.4, -0.2) is 69.3 Å². The molecule has 3 aliphatic heterocycles. The number of rotatable bonds is 5. The predicted octanol–water partition coefficient (Wildman–Crippen LogP) is 3.28. The summed E-state index contributed by atoms with van der Waals surface area (Å²) >= 11 is 0. The zero-order chi connectivity index (χ0) is 23.2. The Labute approximate surface area is 201 Å². The average molecular weight is 465 g/mol. The van der Waals surface area contributed by atoms with Gasteiger partial charge in [0.1, 0.15) is 6.10 Å². The molecule has 6 aliphatic rings. The van der Waals surface area contributed by atoms with E-state index >= 15 is 0 Å². The summed E-state index contributed by atoms with van der Waals surface area (Å²) in [7, 11) is 0. The van der Waals surface area contributed by atoms with Crippen LogP contribution in [0.1, 0.15) is 69.4 Å². The van der Waals surface area contributed by atoms with Crippen molar-refractivity contribution in [2.45, 2.75) is 93.9 Å². The molecule has 2 saturated carbocycles. The Morgan fingerprint density at radius 3 is 2.85 bits per heavy atom. The van der Waals surface area contributed by atoms with E-state index in [0.717, 1.165) is 75.2 Å². The number of phenolic OH excluding ortho intramolecular Hbond substituents is 1. The van der Waals surface area contributed by atoms with Crippen molar-refractivity contribution in [2.24, 2.45) is 5.92 Å². The molecule has 3 aliphatic carbocycles. The van der Waals surface area contributed by atoms with Gasteiger partial charge in [-0.3, -0.25) is 9.69 Å². The Kier molecular flexibility index (Phi) is 4.52. The number of allylic oxidation sites excluding steroid dienone is 1. The lowest BCUT2D eigenvalue weighted by atomic mass is 9.48. The molecule has 182 valence electrons. The van der Waals surface area contributed by atoms with Crippen LogP contribution in [-0.2, 0) is 16.6 Å². The second-order valence-corrected chi connectivity index (χ2v) is 11.7. The van der Waals surface area contributed by atoms with Gasteiger partial charge in [-0.1, -0.05) is 25.5 Å². The summed E-state index contributed by atoms with van der Waals surface area (Å²) in [5, 5.41) is 23.4. The van der Waals surface area contributed by atoms with E-state index < -0.39 is 11.0 Å². The highest BCUT2D eigenvalue weighted by Gasteiger charge is 2.73. The largest absolute Gasteiger partial charge is 0.504 e. The molecule has 1 spiro atoms. The Morgan fingerprint density at radius 1 is 1.21 bits per heavy atom. The van der Waals surface area contributed by atoms with Crippen molar-refractivity contribution in [1.29, 1.82) is 0 Å². The number of amides is 1. The molecular formula is C28H36N2O4. The van der Waals surface area contributed by atoms with E-state index in [1.165, 1.54) is 18.4 Å². The normalized spacial score (nSPS) is 39.5. The third kappa shape index (κ3) is 2.62. The van der Waals surface area contributed by atoms with E-state index in [0.29, 0.717) is 12.2 Å². The molecule has 1 aromatic rings. The number of unbranched alkanes of at least 4 members (excludes halogenated alkanes) is 1. The first kappa shape index (κ1) is 21.3. The molecule has 2 N–H and O–H groups in total. The standard InChI is InChI=1S/C28H36N2O4/c1-2-3-4-18-10-13-30(26(18)32)20-9-11-28(33)22-15-19-7-8-21(31)24-23(19)27(28,25(20)34-24)12-14-29(22)16-17-5-6-17/h4,7-8,17,20,22,25,31,33H,2-3,5-6,9-16H2,1H3/t20?,22-,25?,27+,28-/m1/s1. The van der Waals surface area contributed by atoms with Crippen LogP contribution >= 0.6 is 0 Å². The van der Waals surface area contributed by atoms with E-state index in [-0.39, 0.29) is 29.8 Å². The van der Waals surface area contributed by atoms with Crippen LogP contribution in [0.15, 0.2) is 23.8 Å². The number of carbonyl (C=O) groups is 1. The first-order valence-electron chi connectivity index (χ1n) is 13.5. The van der Waals surface area contributed by atoms with Gasteiger partial charge in [-0.15, -0.1) is 0 Å². The SMILES string of the molecule is CCCC=C1CCN(C2CC[C@@]3(O)[C@H]4Cc5ccc(O)c6c5[C@@]3(CCN4CC3CC3)C2O6)C1=O. The van der Waals surface area contributed by atoms with Gasteiger partial charge in [0.25, 0.3) is 0 Å². The molecule has 5 atom stereocenters. The van der Waals surface area contributed by atoms with Crippen molar-refractivity contribution in [3.63, 3.8) is 0 Å². The molecule has 4 fully saturated rings. The van der Waals surface area contributed by atoms with Gasteiger partial charge in [-0.2, -0.15) is 0 Å². The number of aliphatic hydroxyl groups is 1. The summed E-state index contributed by atoms with van der Waals surface area (Å²) in [6.07, 6.45) is 10.2. The second kappa shape index (κ2) is 7.23. The number of benzene rings is 1. The molecule has 34 heavy (non-hydrogen) atoms. The summed E-state index contributed by atoms with van der Waals surface area (Å²) in [5.74, 6) is 1.65. The van der Waals surface area contributed by atoms with Gasteiger partial charge in [-0.25, -0.2) is 0 Å². The minimum Gasteiger partial charge on any atom is -0.504 e. The van der Waals surface area contributed by atoms with Crippen LogP contribution in [0, 0.1) is 5.92 Å². The van der Waals surface area contributed by atoms with Crippen LogP contribution in [0.4, 0.5) is 0 Å². The topological polar surface area (TPSA) is 73.2 Å². The maximum absolute atomic E-state index is 13.4. The molecule has 2 unspecified atom stereocenters. The Balaban J connectivity index is 1.31. The lowest BCUT2D eigenvalue weighted by Crippen LogP contribution is -2.78. The lowest BCUT2D eigenvalue weighted by molar-refractivity contribution is -0.200. The zero-order valence-corrected chi connectivity index (χ0v) is 20.1. The van der Waals surface area contributed by atoms with Crippen LogP contribution < -0.4 is 4.74 Å². The maximum Gasteiger partial charge on any atom is 0.249 e. The fourth-order valence-corrected chi connectivity index (χ4v) is 8.23. The van der Waals surface area contributed by atoms with Crippen molar-refractivity contribution >= 4 is 5.91 Å². The molecule has 2 bridgehead atoms. The fraction of sp³-hybridized carbons (Fsp3) is 0.679. The lowest BCUT2D eigenvalue weighted by Gasteiger charge is -2.64. The van der Waals surface area contributed by atoms with Crippen molar-refractivity contribution in [3.05, 3.63) is 34.9 Å². The molecular weight excluding hydrogens is 428 g/mol. The summed E-state index contributed by atoms with van der Waals surface area (Å²) in [6, 6.07) is 3.81. The number of aromatic hydroxyl groups is 1. The average Bonchev–Trinajstić information content (AvgIpc) is 3.46. The van der Waals surface area contributed by atoms with Gasteiger partial charge in [0.05, 0.1) is 17.1 Å². The molecule has 1 amide bonds. The molecule has 3 heterocycles. The fourth-order valence-electron chi connectivity index (χ4n) is 8.23. The maximum atomic E-state index is 13.4. The highest BCUT2D eigenvalue weighted by molar-refractivity contribution is 5.96. The first-order valence-corrected chi connectivity index (χ1v) is 13.5. The third-order valence-electron chi connectivity index (χ3n) is 9.97. The van der Waals surface area contributed by atoms with Gasteiger partial charge in [0.15, 0.2) is 11.5 Å². The minimum atomic E-state index is -0.892. The van der Waals surface area contributed by atoms with E-state index in [4.69, 9.17) is 4.74 Å². The van der Waals surface area contributed by atoms with Crippen LogP contribution in [0.2, 0.25) is 0 Å². The molecule has 2 saturated heterocycles. The second-order valence-electron chi connectivity index (χ2n) is 11.7. The third-order valence-corrected chi connectivity index (χ3v) is 9.97. The molecule has 0 radical (unpaired) electrons. The number of likely N-dealkylation sites (tertiary alicyclic amines) is 2. The number of phenols is 1. The van der Waals surface area contributed by atoms with Crippen LogP contribution in [0.3, 0.4) is 0 Å². The predicted molar refractivity (Wildman–Crippen MR) is 128 cm³/mol. The number of ether oxygens (including phenoxy) is 1. The molecule has 1 aromatic carbocycles. The van der Waals surface area contributed by atoms with Crippen molar-refractivity contribution in [3.8, 4) is 11.5 Å². The number of hydrogen-bond donors (Lipinski definition) is 2. The monoisotopic (exact) mass is 464 g/mol. The summed E-state index contributed by atoms with van der Waals surface area (Å²) in [5.41, 5.74) is 1.73. The number of nitrogens with zero attached hydrogens (tertiary/aromatic N) is 2. The van der Waals surface area contributed by atoms with E-state index in [1.807, 2.05) is 11.0 Å². The number of hydrogen-bond acceptors (Lipinski definition) is 5. The summed E-state index contributed by atoms with van der Waals surface area (Å²) < 4.78 is 6.65. The highest BCUT2D eigenvalue weighted by atomic mass is 16.5. The van der Waals surface area contributed by atoms with Crippen molar-refractivity contribution < 1.29 is 19.7 Å². The van der Waals surface area contributed by atoms with E-state index in [2.05, 4.69) is 17.9 Å². The smallest absolute Gasteiger partial charge is 0.249 e. The van der Waals surface area contributed by atoms with Crippen molar-refractivity contribution in [2.75, 3.05) is 19.6 Å². The van der Waals surface area contributed by atoms with Crippen LogP contribution in [0.25, 0.3) is 0 Å². The van der Waals surface area contributed by atoms with Gasteiger partial charge in [0, 0.05) is 30.3 Å². The van der Waals surface area contributed by atoms with Crippen molar-refractivity contribution in [1.82, 2.24) is 9.80 Å². The Morgan fingerprint density at radius 2 is 2.06 bits per heavy atom. The summed E-state index contributed by atoms with van der Waals surface area (Å²) in [6.45, 7) is 4.88. The molecule has 6 nitrogen and oxygen atoms in total. The molecule has 0 aromatic heterocycles. The number of piperidine rings is 1. The van der Waals surface area contributed by atoms with Gasteiger partial charge < -0.3 is 19.8 Å². The summed E-state index contributed by atoms with van der Waals surface area (Å²) in [4.78, 5) is 18.0. The highest BCUT2D eigenvalue weighted by Crippen LogP contribution is 2.66. The van der Waals surface area contributed by atoms with E-state index in [1.54, 1.807) is 6.07 Å². The quantitative estimate of drug-likeness (QED) is 0.655. The molecule has 7 rings (SSSR count). The van der Waals surface area contributed by atoms with Crippen LogP contribution in [0.5, 0.6) is 11.5 Å². The van der Waals surface area contributed by atoms with Gasteiger partial charge >= 0.3 is 0 Å². The van der Waals surface area contributed by atoms with Gasteiger partial charge in [-0.05, 0) is 75.5 Å². The first-order chi connectivity index (χ1) is 16.5.